The number of anilines is 1. The molecule has 1 aliphatic heterocycles. The molecule has 0 saturated carbocycles. The Morgan fingerprint density at radius 1 is 1.30 bits per heavy atom. The molecule has 0 spiro atoms. The van der Waals surface area contributed by atoms with Crippen LogP contribution in [0, 0.1) is 11.8 Å². The van der Waals surface area contributed by atoms with Crippen LogP contribution in [0.15, 0.2) is 18.2 Å². The van der Waals surface area contributed by atoms with Crippen LogP contribution < -0.4 is 10.0 Å². The van der Waals surface area contributed by atoms with Crippen molar-refractivity contribution in [1.29, 1.82) is 0 Å². The fraction of sp³-hybridized carbons (Fsp3) is 0.739. The highest BCUT2D eigenvalue weighted by molar-refractivity contribution is 7.89. The summed E-state index contributed by atoms with van der Waals surface area (Å²) in [4.78, 5) is 2.01. The summed E-state index contributed by atoms with van der Waals surface area (Å²) < 4.78 is 66.6. The molecule has 3 unspecified atom stereocenters. The zero-order valence-electron chi connectivity index (χ0n) is 19.8. The molecule has 0 amide bonds. The van der Waals surface area contributed by atoms with Crippen molar-refractivity contribution in [3.05, 3.63) is 29.3 Å². The van der Waals surface area contributed by atoms with Crippen LogP contribution in [0.25, 0.3) is 0 Å². The Balaban J connectivity index is 1.80. The molecular formula is C23H38F3N3O3S. The first-order valence-corrected chi connectivity index (χ1v) is 13.4. The summed E-state index contributed by atoms with van der Waals surface area (Å²) in [5.74, 6) is 0.347. The fourth-order valence-electron chi connectivity index (χ4n) is 4.29. The van der Waals surface area contributed by atoms with Crippen molar-refractivity contribution >= 4 is 15.7 Å². The van der Waals surface area contributed by atoms with Gasteiger partial charge in [-0.25, -0.2) is 13.1 Å². The number of likely N-dealkylation sites (N-methyl/N-ethyl adjacent to an activating group) is 1. The number of nitrogens with one attached hydrogen (secondary N) is 2. The molecule has 1 aromatic carbocycles. The summed E-state index contributed by atoms with van der Waals surface area (Å²) in [7, 11) is -3.37. The van der Waals surface area contributed by atoms with Gasteiger partial charge in [0.2, 0.25) is 10.0 Å². The lowest BCUT2D eigenvalue weighted by atomic mass is 9.79. The number of halogens is 3. The second-order valence-corrected chi connectivity index (χ2v) is 11.0. The Morgan fingerprint density at radius 2 is 2.03 bits per heavy atom. The SMILES string of the molecule is CCN(CCO)CCCS(=O)(=O)NCC(C)CCC1CNc2ccc(C(F)(F)F)cc2C1C. The van der Waals surface area contributed by atoms with Crippen LogP contribution >= 0.6 is 0 Å². The van der Waals surface area contributed by atoms with Crippen LogP contribution in [0.5, 0.6) is 0 Å². The van der Waals surface area contributed by atoms with Gasteiger partial charge in [0.05, 0.1) is 17.9 Å². The molecule has 3 atom stereocenters. The van der Waals surface area contributed by atoms with Crippen LogP contribution in [0.2, 0.25) is 0 Å². The van der Waals surface area contributed by atoms with Gasteiger partial charge in [0, 0.05) is 25.3 Å². The molecule has 190 valence electrons. The van der Waals surface area contributed by atoms with Crippen molar-refractivity contribution < 1.29 is 26.7 Å². The average Bonchev–Trinajstić information content (AvgIpc) is 2.76. The summed E-state index contributed by atoms with van der Waals surface area (Å²) in [6.07, 6.45) is -2.27. The first-order valence-electron chi connectivity index (χ1n) is 11.7. The molecule has 0 bridgehead atoms. The Bertz CT molecular complexity index is 849. The van der Waals surface area contributed by atoms with Crippen molar-refractivity contribution in [2.24, 2.45) is 11.8 Å². The smallest absolute Gasteiger partial charge is 0.395 e. The van der Waals surface area contributed by atoms with E-state index >= 15 is 0 Å². The number of benzene rings is 1. The highest BCUT2D eigenvalue weighted by atomic mass is 32.2. The molecule has 10 heteroatoms. The second-order valence-electron chi connectivity index (χ2n) is 9.09. The summed E-state index contributed by atoms with van der Waals surface area (Å²) >= 11 is 0. The van der Waals surface area contributed by atoms with Crippen molar-refractivity contribution in [1.82, 2.24) is 9.62 Å². The molecule has 0 fully saturated rings. The van der Waals surface area contributed by atoms with E-state index in [-0.39, 0.29) is 30.1 Å². The van der Waals surface area contributed by atoms with E-state index in [1.165, 1.54) is 12.1 Å². The minimum atomic E-state index is -4.36. The Morgan fingerprint density at radius 3 is 2.67 bits per heavy atom. The number of hydrogen-bond donors (Lipinski definition) is 3. The first kappa shape index (κ1) is 27.9. The minimum Gasteiger partial charge on any atom is -0.395 e. The molecule has 1 heterocycles. The maximum atomic E-state index is 13.1. The van der Waals surface area contributed by atoms with Gasteiger partial charge in [-0.3, -0.25) is 0 Å². The van der Waals surface area contributed by atoms with Gasteiger partial charge < -0.3 is 15.3 Å². The molecule has 0 aliphatic carbocycles. The molecule has 2 rings (SSSR count). The average molecular weight is 494 g/mol. The molecular weight excluding hydrogens is 455 g/mol. The molecule has 1 aromatic rings. The number of fused-ring (bicyclic) bond motifs is 1. The summed E-state index contributed by atoms with van der Waals surface area (Å²) in [5, 5.41) is 12.3. The zero-order valence-corrected chi connectivity index (χ0v) is 20.6. The Labute approximate surface area is 196 Å². The third-order valence-corrected chi connectivity index (χ3v) is 8.00. The van der Waals surface area contributed by atoms with E-state index in [1.807, 2.05) is 25.7 Å². The van der Waals surface area contributed by atoms with Gasteiger partial charge in [0.15, 0.2) is 0 Å². The van der Waals surface area contributed by atoms with Crippen molar-refractivity contribution in [2.45, 2.75) is 52.1 Å². The van der Waals surface area contributed by atoms with Gasteiger partial charge in [0.1, 0.15) is 0 Å². The number of sulfonamides is 1. The quantitative estimate of drug-likeness (QED) is 0.388. The summed E-state index contributed by atoms with van der Waals surface area (Å²) in [6, 6.07) is 3.86. The van der Waals surface area contributed by atoms with E-state index in [9.17, 15) is 21.6 Å². The van der Waals surface area contributed by atoms with Gasteiger partial charge in [-0.2, -0.15) is 13.2 Å². The van der Waals surface area contributed by atoms with Gasteiger partial charge in [0.25, 0.3) is 0 Å². The number of hydrogen-bond acceptors (Lipinski definition) is 5. The van der Waals surface area contributed by atoms with Crippen molar-refractivity contribution in [3.63, 3.8) is 0 Å². The molecule has 0 radical (unpaired) electrons. The molecule has 33 heavy (non-hydrogen) atoms. The number of aliphatic hydroxyl groups is 1. The van der Waals surface area contributed by atoms with Crippen LogP contribution in [0.3, 0.4) is 0 Å². The van der Waals surface area contributed by atoms with E-state index in [1.54, 1.807) is 0 Å². The van der Waals surface area contributed by atoms with Gasteiger partial charge in [-0.15, -0.1) is 0 Å². The van der Waals surface area contributed by atoms with E-state index in [2.05, 4.69) is 10.0 Å². The number of aliphatic hydroxyl groups excluding tert-OH is 1. The predicted molar refractivity (Wildman–Crippen MR) is 126 cm³/mol. The molecule has 0 saturated heterocycles. The maximum Gasteiger partial charge on any atom is 0.416 e. The third kappa shape index (κ3) is 8.73. The molecule has 3 N–H and O–H groups in total. The molecule has 6 nitrogen and oxygen atoms in total. The number of nitrogens with zero attached hydrogens (tertiary/aromatic N) is 1. The van der Waals surface area contributed by atoms with Gasteiger partial charge in [-0.05, 0) is 73.9 Å². The first-order chi connectivity index (χ1) is 15.5. The van der Waals surface area contributed by atoms with E-state index in [0.717, 1.165) is 31.1 Å². The fourth-order valence-corrected chi connectivity index (χ4v) is 5.48. The van der Waals surface area contributed by atoms with E-state index in [4.69, 9.17) is 5.11 Å². The lowest BCUT2D eigenvalue weighted by molar-refractivity contribution is -0.137. The third-order valence-electron chi connectivity index (χ3n) is 6.56. The molecule has 1 aliphatic rings. The van der Waals surface area contributed by atoms with Crippen LogP contribution in [0.4, 0.5) is 18.9 Å². The van der Waals surface area contributed by atoms with Crippen LogP contribution in [-0.4, -0.2) is 63.5 Å². The zero-order chi connectivity index (χ0) is 24.6. The monoisotopic (exact) mass is 493 g/mol. The highest BCUT2D eigenvalue weighted by Crippen LogP contribution is 2.40. The van der Waals surface area contributed by atoms with Crippen LogP contribution in [0.1, 0.15) is 57.1 Å². The number of alkyl halides is 3. The predicted octanol–water partition coefficient (Wildman–Crippen LogP) is 3.89. The number of rotatable bonds is 13. The van der Waals surface area contributed by atoms with Crippen LogP contribution in [-0.2, 0) is 16.2 Å². The summed E-state index contributed by atoms with van der Waals surface area (Å²) in [5.41, 5.74) is 0.821. The highest BCUT2D eigenvalue weighted by Gasteiger charge is 2.33. The van der Waals surface area contributed by atoms with Crippen molar-refractivity contribution in [3.8, 4) is 0 Å². The second kappa shape index (κ2) is 12.4. The largest absolute Gasteiger partial charge is 0.416 e. The normalized spacial score (nSPS) is 19.9. The Hall–Kier alpha value is -1.36. The lowest BCUT2D eigenvalue weighted by Crippen LogP contribution is -2.34. The maximum absolute atomic E-state index is 13.1. The molecule has 0 aromatic heterocycles. The van der Waals surface area contributed by atoms with E-state index < -0.39 is 21.8 Å². The topological polar surface area (TPSA) is 81.7 Å². The van der Waals surface area contributed by atoms with E-state index in [0.29, 0.717) is 38.2 Å². The van der Waals surface area contributed by atoms with Gasteiger partial charge in [-0.1, -0.05) is 20.8 Å². The van der Waals surface area contributed by atoms with Gasteiger partial charge >= 0.3 is 6.18 Å². The Kier molecular flexibility index (Phi) is 10.5. The standard InChI is InChI=1S/C23H38F3N3O3S/c1-4-29(11-12-30)10-5-13-33(31,32)28-15-17(2)6-7-19-16-27-22-9-8-20(23(24,25)26)14-21(22)18(19)3/h8-9,14,17-19,27-28,30H,4-7,10-13,15-16H2,1-3H3. The minimum absolute atomic E-state index is 0.00660. The van der Waals surface area contributed by atoms with Crippen molar-refractivity contribution in [2.75, 3.05) is 50.4 Å². The summed E-state index contributed by atoms with van der Waals surface area (Å²) in [6.45, 7) is 8.95. The lowest BCUT2D eigenvalue weighted by Gasteiger charge is -2.33.